The Hall–Kier alpha value is -3.74. The number of carbonyl (C=O) groups excluding carboxylic acids is 1. The van der Waals surface area contributed by atoms with Crippen LogP contribution in [0, 0.1) is 0 Å². The molecular formula is C27H21Cl2N3O3. The van der Waals surface area contributed by atoms with Crippen LogP contribution in [0.1, 0.15) is 28.6 Å². The molecule has 5 aromatic rings. The van der Waals surface area contributed by atoms with E-state index < -0.39 is 5.91 Å². The van der Waals surface area contributed by atoms with Gasteiger partial charge in [0.1, 0.15) is 11.3 Å². The highest BCUT2D eigenvalue weighted by atomic mass is 35.5. The smallest absolute Gasteiger partial charge is 0.307 e. The largest absolute Gasteiger partial charge is 0.494 e. The van der Waals surface area contributed by atoms with Crippen LogP contribution in [0.5, 0.6) is 5.75 Å². The number of ether oxygens (including phenoxy) is 1. The Balaban J connectivity index is 1.35. The first-order valence-electron chi connectivity index (χ1n) is 11.0. The average molecular weight is 506 g/mol. The van der Waals surface area contributed by atoms with Crippen LogP contribution in [0.25, 0.3) is 21.9 Å². The fourth-order valence-electron chi connectivity index (χ4n) is 3.95. The summed E-state index contributed by atoms with van der Waals surface area (Å²) in [4.78, 5) is 12.6. The average Bonchev–Trinajstić information content (AvgIpc) is 3.43. The second-order valence-corrected chi connectivity index (χ2v) is 8.73. The number of carbonyl (C=O) groups is 1. The number of hydrazone groups is 1. The number of benzene rings is 3. The second-order valence-electron chi connectivity index (χ2n) is 7.92. The van der Waals surface area contributed by atoms with Crippen LogP contribution in [0.4, 0.5) is 0 Å². The van der Waals surface area contributed by atoms with E-state index in [4.69, 9.17) is 32.4 Å². The minimum atomic E-state index is -0.435. The fraction of sp³-hybridized carbons (Fsp3) is 0.111. The van der Waals surface area contributed by atoms with E-state index in [1.165, 1.54) is 0 Å². The fourth-order valence-corrected chi connectivity index (χ4v) is 4.27. The minimum Gasteiger partial charge on any atom is -0.494 e. The van der Waals surface area contributed by atoms with Crippen molar-refractivity contribution in [3.8, 4) is 5.75 Å². The molecule has 0 saturated heterocycles. The Kier molecular flexibility index (Phi) is 6.49. The number of para-hydroxylation sites is 1. The standard InChI is InChI=1S/C27H21Cl2N3O3/c1-2-34-20-8-10-25-18(12-20)13-26(35-25)27(33)31-30-14-19-16-32(24-6-4-3-5-21(19)24)15-17-7-9-22(28)23(29)11-17/h3-14,16H,2,15H2,1H3,(H,31,33)/b30-14+. The van der Waals surface area contributed by atoms with Gasteiger partial charge in [-0.25, -0.2) is 5.43 Å². The van der Waals surface area contributed by atoms with Crippen molar-refractivity contribution >= 4 is 57.2 Å². The van der Waals surface area contributed by atoms with Gasteiger partial charge < -0.3 is 13.7 Å². The zero-order valence-electron chi connectivity index (χ0n) is 18.8. The number of hydrogen-bond acceptors (Lipinski definition) is 4. The minimum absolute atomic E-state index is 0.174. The topological polar surface area (TPSA) is 68.8 Å². The van der Waals surface area contributed by atoms with Gasteiger partial charge in [0, 0.05) is 34.6 Å². The van der Waals surface area contributed by atoms with Crippen molar-refractivity contribution in [2.45, 2.75) is 13.5 Å². The lowest BCUT2D eigenvalue weighted by Gasteiger charge is -2.06. The van der Waals surface area contributed by atoms with E-state index in [1.54, 1.807) is 24.4 Å². The van der Waals surface area contributed by atoms with E-state index in [1.807, 2.05) is 61.7 Å². The van der Waals surface area contributed by atoms with Crippen LogP contribution in [-0.4, -0.2) is 23.3 Å². The Labute approximate surface area is 211 Å². The zero-order valence-corrected chi connectivity index (χ0v) is 20.3. The third kappa shape index (κ3) is 4.90. The first-order chi connectivity index (χ1) is 17.0. The molecule has 0 atom stereocenters. The molecule has 0 aliphatic rings. The molecule has 2 heterocycles. The maximum absolute atomic E-state index is 12.6. The molecule has 1 N–H and O–H groups in total. The van der Waals surface area contributed by atoms with E-state index in [0.717, 1.165) is 33.2 Å². The summed E-state index contributed by atoms with van der Waals surface area (Å²) in [6.45, 7) is 3.09. The van der Waals surface area contributed by atoms with Gasteiger partial charge >= 0.3 is 5.91 Å². The molecular weight excluding hydrogens is 485 g/mol. The van der Waals surface area contributed by atoms with Crippen molar-refractivity contribution in [1.82, 2.24) is 9.99 Å². The molecule has 5 rings (SSSR count). The molecule has 0 aliphatic heterocycles. The second kappa shape index (κ2) is 9.86. The summed E-state index contributed by atoms with van der Waals surface area (Å²) < 4.78 is 13.3. The zero-order chi connectivity index (χ0) is 24.4. The summed E-state index contributed by atoms with van der Waals surface area (Å²) in [5, 5.41) is 7.01. The molecule has 1 amide bonds. The van der Waals surface area contributed by atoms with Crippen LogP contribution >= 0.6 is 23.2 Å². The van der Waals surface area contributed by atoms with E-state index in [-0.39, 0.29) is 5.76 Å². The molecule has 8 heteroatoms. The van der Waals surface area contributed by atoms with Gasteiger partial charge in [-0.15, -0.1) is 0 Å². The Morgan fingerprint density at radius 1 is 1.09 bits per heavy atom. The molecule has 6 nitrogen and oxygen atoms in total. The lowest BCUT2D eigenvalue weighted by Crippen LogP contribution is -2.16. The predicted molar refractivity (Wildman–Crippen MR) is 140 cm³/mol. The van der Waals surface area contributed by atoms with E-state index >= 15 is 0 Å². The molecule has 0 fully saturated rings. The molecule has 2 aromatic heterocycles. The van der Waals surface area contributed by atoms with Crippen molar-refractivity contribution < 1.29 is 13.9 Å². The van der Waals surface area contributed by atoms with Gasteiger partial charge in [-0.1, -0.05) is 47.5 Å². The lowest BCUT2D eigenvalue weighted by atomic mass is 10.2. The van der Waals surface area contributed by atoms with E-state index in [2.05, 4.69) is 15.1 Å². The SMILES string of the molecule is CCOc1ccc2oc(C(=O)N/N=C/c3cn(Cc4ccc(Cl)c(Cl)c4)c4ccccc34)cc2c1. The van der Waals surface area contributed by atoms with Gasteiger partial charge in [0.25, 0.3) is 0 Å². The van der Waals surface area contributed by atoms with Gasteiger partial charge in [-0.05, 0) is 55.0 Å². The van der Waals surface area contributed by atoms with E-state index in [0.29, 0.717) is 28.8 Å². The number of aromatic nitrogens is 1. The summed E-state index contributed by atoms with van der Waals surface area (Å²) in [6, 6.07) is 20.7. The third-order valence-electron chi connectivity index (χ3n) is 5.55. The molecule has 176 valence electrons. The molecule has 0 spiro atoms. The van der Waals surface area contributed by atoms with Gasteiger partial charge in [-0.3, -0.25) is 4.79 Å². The quantitative estimate of drug-likeness (QED) is 0.193. The summed E-state index contributed by atoms with van der Waals surface area (Å²) in [7, 11) is 0. The number of nitrogens with one attached hydrogen (secondary N) is 1. The molecule has 0 radical (unpaired) electrons. The number of nitrogens with zero attached hydrogens (tertiary/aromatic N) is 2. The lowest BCUT2D eigenvalue weighted by molar-refractivity contribution is 0.0929. The Bertz CT molecular complexity index is 1570. The third-order valence-corrected chi connectivity index (χ3v) is 6.29. The Morgan fingerprint density at radius 3 is 2.77 bits per heavy atom. The summed E-state index contributed by atoms with van der Waals surface area (Å²) in [6.07, 6.45) is 3.61. The molecule has 0 unspecified atom stereocenters. The van der Waals surface area contributed by atoms with Crippen molar-refractivity contribution in [2.75, 3.05) is 6.61 Å². The maximum atomic E-state index is 12.6. The van der Waals surface area contributed by atoms with Gasteiger partial charge in [0.05, 0.1) is 22.9 Å². The van der Waals surface area contributed by atoms with Crippen LogP contribution in [0.2, 0.25) is 10.0 Å². The summed E-state index contributed by atoms with van der Waals surface area (Å²) in [5.74, 6) is 0.464. The van der Waals surface area contributed by atoms with Gasteiger partial charge in [-0.2, -0.15) is 5.10 Å². The Morgan fingerprint density at radius 2 is 1.94 bits per heavy atom. The van der Waals surface area contributed by atoms with Crippen LogP contribution in [0.3, 0.4) is 0 Å². The van der Waals surface area contributed by atoms with E-state index in [9.17, 15) is 4.79 Å². The number of furan rings is 1. The highest BCUT2D eigenvalue weighted by Gasteiger charge is 2.13. The van der Waals surface area contributed by atoms with Crippen molar-refractivity contribution in [2.24, 2.45) is 5.10 Å². The number of fused-ring (bicyclic) bond motifs is 2. The van der Waals surface area contributed by atoms with Crippen LogP contribution in [-0.2, 0) is 6.54 Å². The molecule has 0 aliphatic carbocycles. The first-order valence-corrected chi connectivity index (χ1v) is 11.8. The number of hydrogen-bond donors (Lipinski definition) is 1. The molecule has 0 saturated carbocycles. The van der Waals surface area contributed by atoms with Crippen LogP contribution < -0.4 is 10.2 Å². The maximum Gasteiger partial charge on any atom is 0.307 e. The molecule has 35 heavy (non-hydrogen) atoms. The first kappa shape index (κ1) is 23.0. The predicted octanol–water partition coefficient (Wildman–Crippen LogP) is 6.91. The van der Waals surface area contributed by atoms with Crippen molar-refractivity contribution in [3.63, 3.8) is 0 Å². The van der Waals surface area contributed by atoms with Crippen molar-refractivity contribution in [1.29, 1.82) is 0 Å². The molecule has 3 aromatic carbocycles. The number of amides is 1. The normalized spacial score (nSPS) is 11.5. The highest BCUT2D eigenvalue weighted by molar-refractivity contribution is 6.42. The van der Waals surface area contributed by atoms with Gasteiger partial charge in [0.15, 0.2) is 5.76 Å². The molecule has 0 bridgehead atoms. The van der Waals surface area contributed by atoms with Crippen molar-refractivity contribution in [3.05, 3.63) is 99.9 Å². The highest BCUT2D eigenvalue weighted by Crippen LogP contribution is 2.26. The summed E-state index contributed by atoms with van der Waals surface area (Å²) >= 11 is 12.2. The van der Waals surface area contributed by atoms with Crippen LogP contribution in [0.15, 0.2) is 82.4 Å². The van der Waals surface area contributed by atoms with Gasteiger partial charge in [0.2, 0.25) is 0 Å². The monoisotopic (exact) mass is 505 g/mol. The number of rotatable bonds is 7. The summed E-state index contributed by atoms with van der Waals surface area (Å²) in [5.41, 5.74) is 6.08. The number of halogens is 2.